The van der Waals surface area contributed by atoms with Gasteiger partial charge in [-0.3, -0.25) is 4.98 Å². The number of fused-ring (bicyclic) bond motifs is 1. The topological polar surface area (TPSA) is 121 Å². The minimum atomic E-state index is -4.60. The molecule has 3 aromatic carbocycles. The zero-order chi connectivity index (χ0) is 20.4. The summed E-state index contributed by atoms with van der Waals surface area (Å²) in [6.45, 7) is 0. The molecule has 0 amide bonds. The maximum Gasteiger partial charge on any atom is 1.00 e. The molecule has 0 radical (unpaired) electrons. The average molecular weight is 426 g/mol. The minimum Gasteiger partial charge on any atom is -0.744 e. The van der Waals surface area contributed by atoms with Crippen molar-refractivity contribution in [1.29, 1.82) is 0 Å². The van der Waals surface area contributed by atoms with E-state index in [9.17, 15) is 13.0 Å². The van der Waals surface area contributed by atoms with Gasteiger partial charge in [-0.15, -0.1) is 10.2 Å². The Bertz CT molecular complexity index is 1330. The zero-order valence-corrected chi connectivity index (χ0v) is 18.9. The van der Waals surface area contributed by atoms with E-state index in [0.717, 1.165) is 11.3 Å². The normalized spacial score (nSPS) is 11.5. The summed E-state index contributed by atoms with van der Waals surface area (Å²) in [6, 6.07) is 20.6. The predicted molar refractivity (Wildman–Crippen MR) is 110 cm³/mol. The van der Waals surface area contributed by atoms with Crippen molar-refractivity contribution < 1.29 is 42.5 Å². The summed E-state index contributed by atoms with van der Waals surface area (Å²) in [5.74, 6) is 0. The standard InChI is InChI=1S/C21H16N4O3S.Na/c22-19-9-11-21(18-12-16(29(26,27)28)7-8-17(18)19)25-24-15-6-10-20(23-13-15)14-4-2-1-3-5-14;/h1-13H,22H2,(H,26,27,28);/q;+1/p-1. The van der Waals surface area contributed by atoms with Crippen molar-refractivity contribution in [2.75, 3.05) is 5.73 Å². The quantitative estimate of drug-likeness (QED) is 0.231. The molecular weight excluding hydrogens is 411 g/mol. The van der Waals surface area contributed by atoms with Crippen LogP contribution in [-0.2, 0) is 10.1 Å². The molecule has 7 nitrogen and oxygen atoms in total. The third-order valence-corrected chi connectivity index (χ3v) is 5.21. The number of hydrogen-bond donors (Lipinski definition) is 1. The predicted octanol–water partition coefficient (Wildman–Crippen LogP) is 1.81. The van der Waals surface area contributed by atoms with Crippen molar-refractivity contribution in [3.8, 4) is 11.3 Å². The van der Waals surface area contributed by atoms with Gasteiger partial charge in [-0.05, 0) is 36.4 Å². The Kier molecular flexibility index (Phi) is 6.64. The Morgan fingerprint density at radius 1 is 0.867 bits per heavy atom. The third-order valence-electron chi connectivity index (χ3n) is 4.38. The van der Waals surface area contributed by atoms with Gasteiger partial charge in [-0.1, -0.05) is 36.4 Å². The van der Waals surface area contributed by atoms with Gasteiger partial charge in [0.15, 0.2) is 0 Å². The van der Waals surface area contributed by atoms with Crippen molar-refractivity contribution in [3.63, 3.8) is 0 Å². The maximum atomic E-state index is 11.4. The van der Waals surface area contributed by atoms with Crippen LogP contribution in [-0.4, -0.2) is 18.0 Å². The monoisotopic (exact) mass is 426 g/mol. The molecule has 0 saturated heterocycles. The van der Waals surface area contributed by atoms with E-state index >= 15 is 0 Å². The van der Waals surface area contributed by atoms with Crippen molar-refractivity contribution in [2.45, 2.75) is 4.90 Å². The number of rotatable bonds is 4. The Morgan fingerprint density at radius 2 is 1.63 bits per heavy atom. The number of pyridine rings is 1. The molecule has 0 aliphatic heterocycles. The van der Waals surface area contributed by atoms with Crippen molar-refractivity contribution in [1.82, 2.24) is 4.98 Å². The van der Waals surface area contributed by atoms with Gasteiger partial charge in [0.05, 0.1) is 22.5 Å². The van der Waals surface area contributed by atoms with Crippen LogP contribution in [0.1, 0.15) is 0 Å². The molecule has 0 atom stereocenters. The Hall–Kier alpha value is -2.62. The van der Waals surface area contributed by atoms with Crippen molar-refractivity contribution in [2.24, 2.45) is 10.2 Å². The van der Waals surface area contributed by atoms with E-state index < -0.39 is 10.1 Å². The molecule has 30 heavy (non-hydrogen) atoms. The van der Waals surface area contributed by atoms with E-state index in [1.807, 2.05) is 36.4 Å². The second kappa shape index (κ2) is 9.03. The molecule has 9 heteroatoms. The van der Waals surface area contributed by atoms with E-state index in [4.69, 9.17) is 5.73 Å². The van der Waals surface area contributed by atoms with Crippen LogP contribution in [0.5, 0.6) is 0 Å². The van der Waals surface area contributed by atoms with Crippen LogP contribution in [0.25, 0.3) is 22.0 Å². The van der Waals surface area contributed by atoms with Gasteiger partial charge < -0.3 is 10.3 Å². The van der Waals surface area contributed by atoms with Crippen LogP contribution < -0.4 is 35.3 Å². The first-order valence-electron chi connectivity index (χ1n) is 8.63. The van der Waals surface area contributed by atoms with E-state index in [1.165, 1.54) is 18.2 Å². The van der Waals surface area contributed by atoms with Gasteiger partial charge in [0.1, 0.15) is 15.8 Å². The van der Waals surface area contributed by atoms with E-state index in [1.54, 1.807) is 24.4 Å². The molecule has 0 aliphatic carbocycles. The first kappa shape index (κ1) is 22.1. The van der Waals surface area contributed by atoms with Gasteiger partial charge in [0.25, 0.3) is 0 Å². The molecule has 0 spiro atoms. The summed E-state index contributed by atoms with van der Waals surface area (Å²) < 4.78 is 34.1. The van der Waals surface area contributed by atoms with Gasteiger partial charge >= 0.3 is 29.6 Å². The summed E-state index contributed by atoms with van der Waals surface area (Å²) in [6.07, 6.45) is 1.60. The second-order valence-corrected chi connectivity index (χ2v) is 7.68. The maximum absolute atomic E-state index is 11.4. The number of nitrogen functional groups attached to an aromatic ring is 1. The van der Waals surface area contributed by atoms with Crippen LogP contribution in [0.4, 0.5) is 17.1 Å². The van der Waals surface area contributed by atoms with Crippen LogP contribution in [0, 0.1) is 0 Å². The average Bonchev–Trinajstić information content (AvgIpc) is 2.73. The third kappa shape index (κ3) is 4.75. The molecule has 0 unspecified atom stereocenters. The van der Waals surface area contributed by atoms with Gasteiger partial charge in [-0.25, -0.2) is 8.42 Å². The largest absolute Gasteiger partial charge is 1.00 e. The SMILES string of the molecule is Nc1ccc(N=Nc2ccc(-c3ccccc3)nc2)c2cc(S(=O)(=O)[O-])ccc12.[Na+]. The van der Waals surface area contributed by atoms with Crippen LogP contribution in [0.2, 0.25) is 0 Å². The first-order valence-corrected chi connectivity index (χ1v) is 10.0. The summed E-state index contributed by atoms with van der Waals surface area (Å²) in [7, 11) is -4.60. The molecule has 144 valence electrons. The van der Waals surface area contributed by atoms with Gasteiger partial charge in [0.2, 0.25) is 0 Å². The van der Waals surface area contributed by atoms with Crippen molar-refractivity contribution in [3.05, 3.63) is 79.0 Å². The molecule has 1 heterocycles. The molecule has 0 aliphatic rings. The van der Waals surface area contributed by atoms with E-state index in [-0.39, 0.29) is 34.5 Å². The summed E-state index contributed by atoms with van der Waals surface area (Å²) in [4.78, 5) is 4.04. The molecule has 4 aromatic rings. The van der Waals surface area contributed by atoms with E-state index in [0.29, 0.717) is 27.8 Å². The fraction of sp³-hybridized carbons (Fsp3) is 0. The molecule has 2 N–H and O–H groups in total. The number of azo groups is 1. The molecular formula is C21H15N4NaO3S. The Morgan fingerprint density at radius 3 is 2.30 bits per heavy atom. The fourth-order valence-electron chi connectivity index (χ4n) is 2.91. The second-order valence-electron chi connectivity index (χ2n) is 6.30. The van der Waals surface area contributed by atoms with E-state index in [2.05, 4.69) is 15.2 Å². The molecule has 0 bridgehead atoms. The zero-order valence-electron chi connectivity index (χ0n) is 16.1. The Labute approximate surface area is 195 Å². The molecule has 0 saturated carbocycles. The number of hydrogen-bond acceptors (Lipinski definition) is 7. The molecule has 4 rings (SSSR count). The molecule has 0 fully saturated rings. The minimum absolute atomic E-state index is 0. The number of nitrogens with zero attached hydrogens (tertiary/aromatic N) is 3. The smallest absolute Gasteiger partial charge is 0.744 e. The first-order chi connectivity index (χ1) is 13.9. The van der Waals surface area contributed by atoms with Crippen LogP contribution in [0.15, 0.2) is 94.1 Å². The van der Waals surface area contributed by atoms with Gasteiger partial charge in [0, 0.05) is 22.0 Å². The summed E-state index contributed by atoms with van der Waals surface area (Å²) in [5.41, 5.74) is 9.13. The van der Waals surface area contributed by atoms with Crippen LogP contribution in [0.3, 0.4) is 0 Å². The Balaban J connectivity index is 0.00000256. The molecule has 1 aromatic heterocycles. The fourth-order valence-corrected chi connectivity index (χ4v) is 3.41. The van der Waals surface area contributed by atoms with Crippen LogP contribution >= 0.6 is 0 Å². The number of anilines is 1. The summed E-state index contributed by atoms with van der Waals surface area (Å²) in [5, 5.41) is 9.40. The van der Waals surface area contributed by atoms with Gasteiger partial charge in [-0.2, -0.15) is 0 Å². The number of benzene rings is 3. The number of nitrogens with two attached hydrogens (primary N) is 1. The van der Waals surface area contributed by atoms with Crippen molar-refractivity contribution >= 4 is 38.0 Å². The summed E-state index contributed by atoms with van der Waals surface area (Å²) >= 11 is 0. The number of aromatic nitrogens is 1.